The summed E-state index contributed by atoms with van der Waals surface area (Å²) in [7, 11) is 0. The maximum absolute atomic E-state index is 9.97. The highest BCUT2D eigenvalue weighted by Crippen LogP contribution is 2.08. The maximum Gasteiger partial charge on any atom is 0.304 e. The first-order chi connectivity index (χ1) is 3.13. The van der Waals surface area contributed by atoms with Crippen LogP contribution in [0.2, 0.25) is 0 Å². The van der Waals surface area contributed by atoms with Gasteiger partial charge in [-0.05, 0) is 31.9 Å². The zero-order chi connectivity index (χ0) is 5.86. The molecule has 0 aliphatic carbocycles. The van der Waals surface area contributed by atoms with E-state index in [1.807, 2.05) is 0 Å². The van der Waals surface area contributed by atoms with Gasteiger partial charge in [0.25, 0.3) is 0 Å². The molecule has 0 radical (unpaired) electrons. The lowest BCUT2D eigenvalue weighted by Crippen LogP contribution is -2.00. The quantitative estimate of drug-likeness (QED) is 0.507. The van der Waals surface area contributed by atoms with Crippen molar-refractivity contribution in [3.05, 3.63) is 0 Å². The molecule has 0 aromatic heterocycles. The second kappa shape index (κ2) is 3.43. The first-order valence-electron chi connectivity index (χ1n) is 1.58. The van der Waals surface area contributed by atoms with Crippen LogP contribution in [-0.4, -0.2) is 9.89 Å². The van der Waals surface area contributed by atoms with Gasteiger partial charge in [0.05, 0.1) is 0 Å². The first kappa shape index (κ1) is 7.43. The van der Waals surface area contributed by atoms with Crippen molar-refractivity contribution >= 4 is 37.8 Å². The molecule has 0 N–H and O–H groups in total. The molecule has 0 saturated heterocycles. The Morgan fingerprint density at radius 1 is 1.71 bits per heavy atom. The molecule has 0 rings (SSSR count). The molecule has 0 bridgehead atoms. The van der Waals surface area contributed by atoms with Gasteiger partial charge in [0.2, 0.25) is 3.92 Å². The topological polar surface area (TPSA) is 26.3 Å². The van der Waals surface area contributed by atoms with Crippen molar-refractivity contribution in [1.82, 2.24) is 0 Å². The third kappa shape index (κ3) is 6.43. The minimum atomic E-state index is -0.350. The third-order valence-corrected chi connectivity index (χ3v) is 0.629. The summed E-state index contributed by atoms with van der Waals surface area (Å²) in [5.41, 5.74) is 0. The van der Waals surface area contributed by atoms with E-state index in [4.69, 9.17) is 0 Å². The van der Waals surface area contributed by atoms with Crippen LogP contribution in [0.15, 0.2) is 0 Å². The molecule has 7 heavy (non-hydrogen) atoms. The minimum Gasteiger partial charge on any atom is -0.440 e. The van der Waals surface area contributed by atoms with Crippen LogP contribution in [0.4, 0.5) is 0 Å². The van der Waals surface area contributed by atoms with E-state index in [0.717, 1.165) is 0 Å². The molecule has 0 fully saturated rings. The average Bonchev–Trinajstić information content (AvgIpc) is 1.27. The molecule has 0 spiro atoms. The summed E-state index contributed by atoms with van der Waals surface area (Å²) in [6.45, 7) is 1.34. The summed E-state index contributed by atoms with van der Waals surface area (Å²) < 4.78 is 4.09. The Bertz CT molecular complexity index is 71.3. The predicted octanol–water partition coefficient (Wildman–Crippen LogP) is 1.62. The molecular weight excluding hydrogens is 228 g/mol. The number of ether oxygens (including phenoxy) is 1. The van der Waals surface area contributed by atoms with Gasteiger partial charge in [-0.15, -0.1) is 0 Å². The average molecular weight is 232 g/mol. The Balaban J connectivity index is 3.13. The fraction of sp³-hybridized carbons (Fsp3) is 0.667. The molecule has 0 aliphatic heterocycles. The van der Waals surface area contributed by atoms with Crippen LogP contribution in [-0.2, 0) is 9.53 Å². The number of hydrogen-bond acceptors (Lipinski definition) is 2. The van der Waals surface area contributed by atoms with E-state index in [1.165, 1.54) is 6.92 Å². The van der Waals surface area contributed by atoms with Gasteiger partial charge in [-0.3, -0.25) is 4.79 Å². The monoisotopic (exact) mass is 230 g/mol. The highest BCUT2D eigenvalue weighted by atomic mass is 79.9. The summed E-state index contributed by atoms with van der Waals surface area (Å²) in [6, 6.07) is 0. The van der Waals surface area contributed by atoms with Gasteiger partial charge < -0.3 is 4.74 Å². The fourth-order valence-corrected chi connectivity index (χ4v) is 0.652. The minimum absolute atomic E-state index is 0.307. The lowest BCUT2D eigenvalue weighted by atomic mass is 10.8. The van der Waals surface area contributed by atoms with E-state index in [2.05, 4.69) is 36.6 Å². The van der Waals surface area contributed by atoms with Crippen LogP contribution < -0.4 is 0 Å². The third-order valence-electron chi connectivity index (χ3n) is 0.255. The van der Waals surface area contributed by atoms with Crippen molar-refractivity contribution in [3.8, 4) is 0 Å². The number of alkyl halides is 2. The molecule has 0 aromatic carbocycles. The van der Waals surface area contributed by atoms with Gasteiger partial charge in [-0.25, -0.2) is 0 Å². The van der Waals surface area contributed by atoms with Gasteiger partial charge in [-0.1, -0.05) is 0 Å². The van der Waals surface area contributed by atoms with E-state index in [9.17, 15) is 4.79 Å². The predicted molar refractivity (Wildman–Crippen MR) is 33.4 cm³/mol. The van der Waals surface area contributed by atoms with Crippen LogP contribution in [0.1, 0.15) is 6.92 Å². The van der Waals surface area contributed by atoms with Crippen LogP contribution in [0, 0.1) is 0 Å². The molecule has 0 saturated carbocycles. The molecule has 0 aromatic rings. The Labute approximate surface area is 58.5 Å². The van der Waals surface area contributed by atoms with E-state index >= 15 is 0 Å². The van der Waals surface area contributed by atoms with Crippen molar-refractivity contribution in [3.63, 3.8) is 0 Å². The number of carbonyl (C=O) groups excluding carboxylic acids is 1. The second-order valence-corrected chi connectivity index (χ2v) is 3.76. The molecule has 42 valence electrons. The molecule has 0 amide bonds. The van der Waals surface area contributed by atoms with E-state index in [0.29, 0.717) is 0 Å². The molecule has 0 atom stereocenters. The smallest absolute Gasteiger partial charge is 0.304 e. The second-order valence-electron chi connectivity index (χ2n) is 0.870. The highest BCUT2D eigenvalue weighted by molar-refractivity contribution is 9.24. The summed E-state index contributed by atoms with van der Waals surface area (Å²) >= 11 is 5.90. The maximum atomic E-state index is 9.97. The Hall–Kier alpha value is 0.430. The molecule has 0 aliphatic rings. The summed E-state index contributed by atoms with van der Waals surface area (Å²) in [4.78, 5) is 9.97. The summed E-state index contributed by atoms with van der Waals surface area (Å²) in [5, 5.41) is 0. The number of carbonyl (C=O) groups is 1. The summed E-state index contributed by atoms with van der Waals surface area (Å²) in [5.74, 6) is -0.307. The molecule has 2 nitrogen and oxygen atoms in total. The first-order valence-corrected chi connectivity index (χ1v) is 3.41. The van der Waals surface area contributed by atoms with Gasteiger partial charge in [-0.2, -0.15) is 0 Å². The van der Waals surface area contributed by atoms with Crippen molar-refractivity contribution in [2.45, 2.75) is 10.8 Å². The van der Waals surface area contributed by atoms with Gasteiger partial charge in [0.15, 0.2) is 0 Å². The largest absolute Gasteiger partial charge is 0.440 e. The SMILES string of the molecule is CC(=O)OC(Br)Br. The highest BCUT2D eigenvalue weighted by Gasteiger charge is 1.97. The normalized spacial score (nSPS) is 9.14. The van der Waals surface area contributed by atoms with Crippen molar-refractivity contribution in [1.29, 1.82) is 0 Å². The number of hydrogen-bond donors (Lipinski definition) is 0. The van der Waals surface area contributed by atoms with E-state index in [-0.39, 0.29) is 9.89 Å². The Morgan fingerprint density at radius 3 is 2.14 bits per heavy atom. The standard InChI is InChI=1S/C3H4Br2O2/c1-2(6)7-3(4)5/h3H,1H3. The fourth-order valence-electron chi connectivity index (χ4n) is 0.125. The van der Waals surface area contributed by atoms with Gasteiger partial charge in [0.1, 0.15) is 0 Å². The van der Waals surface area contributed by atoms with Crippen LogP contribution in [0.5, 0.6) is 0 Å². The zero-order valence-electron chi connectivity index (χ0n) is 3.65. The Morgan fingerprint density at radius 2 is 2.14 bits per heavy atom. The van der Waals surface area contributed by atoms with Gasteiger partial charge in [0, 0.05) is 6.92 Å². The Kier molecular flexibility index (Phi) is 3.65. The molecule has 0 heterocycles. The van der Waals surface area contributed by atoms with Crippen LogP contribution >= 0.6 is 31.9 Å². The summed E-state index contributed by atoms with van der Waals surface area (Å²) in [6.07, 6.45) is 0. The van der Waals surface area contributed by atoms with Crippen molar-refractivity contribution in [2.24, 2.45) is 0 Å². The molecule has 4 heteroatoms. The number of halogens is 2. The van der Waals surface area contributed by atoms with Crippen molar-refractivity contribution < 1.29 is 9.53 Å². The molecular formula is C3H4Br2O2. The van der Waals surface area contributed by atoms with Crippen LogP contribution in [0.3, 0.4) is 0 Å². The number of esters is 1. The lowest BCUT2D eigenvalue weighted by molar-refractivity contribution is -0.139. The lowest BCUT2D eigenvalue weighted by Gasteiger charge is -1.97. The van der Waals surface area contributed by atoms with E-state index in [1.54, 1.807) is 0 Å². The van der Waals surface area contributed by atoms with Crippen molar-refractivity contribution in [2.75, 3.05) is 0 Å². The number of rotatable bonds is 1. The van der Waals surface area contributed by atoms with E-state index < -0.39 is 0 Å². The van der Waals surface area contributed by atoms with Gasteiger partial charge >= 0.3 is 5.97 Å². The zero-order valence-corrected chi connectivity index (χ0v) is 6.82. The van der Waals surface area contributed by atoms with Crippen LogP contribution in [0.25, 0.3) is 0 Å². The molecule has 0 unspecified atom stereocenters.